The van der Waals surface area contributed by atoms with Gasteiger partial charge in [-0.3, -0.25) is 9.59 Å². The van der Waals surface area contributed by atoms with Gasteiger partial charge in [0.1, 0.15) is 0 Å². The number of aromatic carboxylic acids is 1. The topological polar surface area (TPSA) is 91.7 Å². The van der Waals surface area contributed by atoms with E-state index in [2.05, 4.69) is 54.5 Å². The van der Waals surface area contributed by atoms with E-state index < -0.39 is 17.4 Å². The van der Waals surface area contributed by atoms with E-state index in [9.17, 15) is 24.6 Å². The van der Waals surface area contributed by atoms with Crippen LogP contribution in [0.5, 0.6) is 0 Å². The predicted molar refractivity (Wildman–Crippen MR) is 164 cm³/mol. The Labute approximate surface area is 250 Å². The van der Waals surface area contributed by atoms with Crippen LogP contribution in [0.1, 0.15) is 116 Å². The highest BCUT2D eigenvalue weighted by Gasteiger charge is 2.70. The summed E-state index contributed by atoms with van der Waals surface area (Å²) in [7, 11) is 0. The first-order valence-electron chi connectivity index (χ1n) is 16.1. The molecular formula is C37H48O5. The molecular weight excluding hydrogens is 524 g/mol. The van der Waals surface area contributed by atoms with Crippen molar-refractivity contribution in [1.29, 1.82) is 0 Å². The van der Waals surface area contributed by atoms with E-state index in [0.717, 1.165) is 55.2 Å². The number of carboxylic acids is 2. The Morgan fingerprint density at radius 1 is 0.857 bits per heavy atom. The average molecular weight is 573 g/mol. The molecule has 0 radical (unpaired) electrons. The summed E-state index contributed by atoms with van der Waals surface area (Å²) in [5.41, 5.74) is 3.63. The molecule has 5 heteroatoms. The first-order valence-corrected chi connectivity index (χ1v) is 16.1. The predicted octanol–water partition coefficient (Wildman–Crippen LogP) is 8.44. The van der Waals surface area contributed by atoms with Gasteiger partial charge in [-0.15, -0.1) is 0 Å². The molecule has 0 unspecified atom stereocenters. The van der Waals surface area contributed by atoms with Crippen LogP contribution in [0.2, 0.25) is 0 Å². The molecule has 0 amide bonds. The molecule has 2 N–H and O–H groups in total. The maximum atomic E-state index is 13.4. The molecule has 6 rings (SSSR count). The molecule has 226 valence electrons. The van der Waals surface area contributed by atoms with Crippen molar-refractivity contribution >= 4 is 23.3 Å². The fourth-order valence-electron chi connectivity index (χ4n) is 11.8. The molecule has 3 saturated carbocycles. The van der Waals surface area contributed by atoms with Gasteiger partial charge in [0, 0.05) is 6.42 Å². The standard InChI is InChI=1S/C37H48O5/c1-21(2)29-26(38)20-37(32(41)42)19-18-35(6)25(30(29)37)12-13-28-34(5)16-14-24(22-8-10-23(11-9-22)31(39)40)33(3,4)27(34)15-17-36(28,35)7/h8-11,14,21,25,27-28H,12-13,15-20H2,1-7H3,(H,39,40)(H,41,42)/t25-,27+,28-,34+,35-,36-,37-/m1/s1. The minimum atomic E-state index is -1.01. The number of hydrogen-bond donors (Lipinski definition) is 2. The summed E-state index contributed by atoms with van der Waals surface area (Å²) in [6.45, 7) is 16.4. The third-order valence-corrected chi connectivity index (χ3v) is 13.9. The van der Waals surface area contributed by atoms with Gasteiger partial charge in [-0.05, 0) is 125 Å². The van der Waals surface area contributed by atoms with E-state index in [1.165, 1.54) is 5.57 Å². The maximum absolute atomic E-state index is 13.4. The van der Waals surface area contributed by atoms with Crippen LogP contribution < -0.4 is 0 Å². The van der Waals surface area contributed by atoms with Crippen molar-refractivity contribution in [2.75, 3.05) is 0 Å². The number of allylic oxidation sites excluding steroid dienone is 3. The van der Waals surface area contributed by atoms with Crippen molar-refractivity contribution in [2.45, 2.75) is 99.8 Å². The van der Waals surface area contributed by atoms with E-state index in [-0.39, 0.29) is 45.7 Å². The number of Topliss-reactive ketones (excluding diaryl/α,β-unsaturated/α-hetero) is 1. The second-order valence-electron chi connectivity index (χ2n) is 16.0. The van der Waals surface area contributed by atoms with Gasteiger partial charge in [-0.1, -0.05) is 66.7 Å². The van der Waals surface area contributed by atoms with Gasteiger partial charge in [0.15, 0.2) is 5.78 Å². The Morgan fingerprint density at radius 2 is 1.52 bits per heavy atom. The van der Waals surface area contributed by atoms with Crippen molar-refractivity contribution in [3.05, 3.63) is 52.6 Å². The van der Waals surface area contributed by atoms with Crippen LogP contribution in [0.15, 0.2) is 41.5 Å². The van der Waals surface area contributed by atoms with Gasteiger partial charge in [0.2, 0.25) is 0 Å². The zero-order chi connectivity index (χ0) is 30.6. The van der Waals surface area contributed by atoms with Crippen LogP contribution in [0.3, 0.4) is 0 Å². The number of aliphatic carboxylic acids is 1. The summed E-state index contributed by atoms with van der Waals surface area (Å²) in [5, 5.41) is 20.0. The SMILES string of the molecule is CC(C)C1=C2[C@H]3CC[C@@H]4[C@@]5(C)CC=C(c6ccc(C(=O)O)cc6)C(C)(C)[C@@H]5CC[C@@]4(C)[C@]3(C)CC[C@@]2(C(=O)O)CC1=O. The highest BCUT2D eigenvalue weighted by Crippen LogP contribution is 2.76. The quantitative estimate of drug-likeness (QED) is 0.378. The molecule has 7 atom stereocenters. The number of rotatable bonds is 4. The monoisotopic (exact) mass is 572 g/mol. The lowest BCUT2D eigenvalue weighted by Gasteiger charge is -2.71. The summed E-state index contributed by atoms with van der Waals surface area (Å²) in [6, 6.07) is 7.38. The molecule has 0 bridgehead atoms. The minimum Gasteiger partial charge on any atom is -0.481 e. The third kappa shape index (κ3) is 3.57. The van der Waals surface area contributed by atoms with Gasteiger partial charge in [-0.2, -0.15) is 0 Å². The smallest absolute Gasteiger partial charge is 0.335 e. The molecule has 0 saturated heterocycles. The normalized spacial score (nSPS) is 40.5. The van der Waals surface area contributed by atoms with E-state index >= 15 is 0 Å². The Morgan fingerprint density at radius 3 is 2.12 bits per heavy atom. The van der Waals surface area contributed by atoms with Gasteiger partial charge in [-0.25, -0.2) is 4.79 Å². The molecule has 1 aromatic carbocycles. The molecule has 0 spiro atoms. The average Bonchev–Trinajstić information content (AvgIpc) is 3.22. The Balaban J connectivity index is 1.40. The van der Waals surface area contributed by atoms with E-state index in [4.69, 9.17) is 0 Å². The van der Waals surface area contributed by atoms with Gasteiger partial charge in [0.25, 0.3) is 0 Å². The number of ketones is 1. The number of carbonyl (C=O) groups excluding carboxylic acids is 1. The number of benzene rings is 1. The molecule has 3 fully saturated rings. The number of carbonyl (C=O) groups is 3. The summed E-state index contributed by atoms with van der Waals surface area (Å²) in [6.07, 6.45) is 9.26. The van der Waals surface area contributed by atoms with E-state index in [1.54, 1.807) is 12.1 Å². The van der Waals surface area contributed by atoms with Crippen LogP contribution in [0, 0.1) is 50.7 Å². The van der Waals surface area contributed by atoms with E-state index in [0.29, 0.717) is 23.8 Å². The van der Waals surface area contributed by atoms with Crippen LogP contribution in [0.25, 0.3) is 5.57 Å². The summed E-state index contributed by atoms with van der Waals surface area (Å²) in [4.78, 5) is 37.7. The van der Waals surface area contributed by atoms with Crippen molar-refractivity contribution in [3.8, 4) is 0 Å². The second kappa shape index (κ2) is 9.16. The Bertz CT molecular complexity index is 1430. The second-order valence-corrected chi connectivity index (χ2v) is 16.0. The molecule has 5 nitrogen and oxygen atoms in total. The first kappa shape index (κ1) is 29.4. The summed E-state index contributed by atoms with van der Waals surface area (Å²) in [5.74, 6) is -0.447. The zero-order valence-corrected chi connectivity index (χ0v) is 26.5. The number of hydrogen-bond acceptors (Lipinski definition) is 3. The molecule has 1 aromatic rings. The Kier molecular flexibility index (Phi) is 6.41. The lowest BCUT2D eigenvalue weighted by Crippen LogP contribution is -2.64. The molecule has 5 aliphatic carbocycles. The summed E-state index contributed by atoms with van der Waals surface area (Å²) >= 11 is 0. The molecule has 5 aliphatic rings. The third-order valence-electron chi connectivity index (χ3n) is 13.9. The first-order chi connectivity index (χ1) is 19.5. The number of fused-ring (bicyclic) bond motifs is 7. The van der Waals surface area contributed by atoms with Crippen molar-refractivity contribution in [3.63, 3.8) is 0 Å². The molecule has 42 heavy (non-hydrogen) atoms. The lowest BCUT2D eigenvalue weighted by atomic mass is 9.33. The van der Waals surface area contributed by atoms with Crippen LogP contribution in [-0.2, 0) is 9.59 Å². The van der Waals surface area contributed by atoms with Crippen molar-refractivity contribution in [2.24, 2.45) is 50.7 Å². The van der Waals surface area contributed by atoms with E-state index in [1.807, 2.05) is 12.1 Å². The fourth-order valence-corrected chi connectivity index (χ4v) is 11.8. The molecule has 0 heterocycles. The fraction of sp³-hybridized carbons (Fsp3) is 0.649. The highest BCUT2D eigenvalue weighted by molar-refractivity contribution is 6.05. The van der Waals surface area contributed by atoms with Crippen LogP contribution in [0.4, 0.5) is 0 Å². The van der Waals surface area contributed by atoms with Crippen molar-refractivity contribution in [1.82, 2.24) is 0 Å². The Hall–Kier alpha value is -2.69. The zero-order valence-electron chi connectivity index (χ0n) is 26.5. The maximum Gasteiger partial charge on any atom is 0.335 e. The minimum absolute atomic E-state index is 0.0436. The van der Waals surface area contributed by atoms with Gasteiger partial charge < -0.3 is 10.2 Å². The van der Waals surface area contributed by atoms with Crippen LogP contribution in [-0.4, -0.2) is 27.9 Å². The van der Waals surface area contributed by atoms with Crippen molar-refractivity contribution < 1.29 is 24.6 Å². The van der Waals surface area contributed by atoms with Gasteiger partial charge in [0.05, 0.1) is 11.0 Å². The molecule has 0 aromatic heterocycles. The number of carboxylic acid groups (broad SMARTS) is 2. The van der Waals surface area contributed by atoms with Gasteiger partial charge >= 0.3 is 11.9 Å². The largest absolute Gasteiger partial charge is 0.481 e. The highest BCUT2D eigenvalue weighted by atomic mass is 16.4. The lowest BCUT2D eigenvalue weighted by molar-refractivity contribution is -0.199. The van der Waals surface area contributed by atoms with Crippen LogP contribution >= 0.6 is 0 Å². The summed E-state index contributed by atoms with van der Waals surface area (Å²) < 4.78 is 0. The molecule has 0 aliphatic heterocycles.